The number of thioether (sulfide) groups is 1. The first-order valence-corrected chi connectivity index (χ1v) is 6.14. The highest BCUT2D eigenvalue weighted by atomic mass is 32.2. The Bertz CT molecular complexity index is 557. The second kappa shape index (κ2) is 5.14. The first kappa shape index (κ1) is 11.9. The highest BCUT2D eigenvalue weighted by Crippen LogP contribution is 2.24. The van der Waals surface area contributed by atoms with Gasteiger partial charge in [-0.3, -0.25) is 4.79 Å². The van der Waals surface area contributed by atoms with Crippen molar-refractivity contribution >= 4 is 28.6 Å². The van der Waals surface area contributed by atoms with Crippen LogP contribution in [0.3, 0.4) is 0 Å². The van der Waals surface area contributed by atoms with Gasteiger partial charge in [0.1, 0.15) is 5.52 Å². The molecule has 5 heteroatoms. The van der Waals surface area contributed by atoms with Crippen LogP contribution in [0, 0.1) is 0 Å². The summed E-state index contributed by atoms with van der Waals surface area (Å²) in [6.45, 7) is 0. The number of hydrogen-bond donors (Lipinski definition) is 0. The molecule has 2 rings (SSSR count). The van der Waals surface area contributed by atoms with E-state index in [9.17, 15) is 4.79 Å². The minimum atomic E-state index is -0.224. The third-order valence-corrected chi connectivity index (χ3v) is 3.33. The molecule has 0 amide bonds. The van der Waals surface area contributed by atoms with Crippen LogP contribution in [0.15, 0.2) is 35.4 Å². The Kier molecular flexibility index (Phi) is 3.58. The molecule has 0 bridgehead atoms. The number of rotatable bonds is 3. The molecule has 0 fully saturated rings. The zero-order valence-electron chi connectivity index (χ0n) is 9.71. The minimum Gasteiger partial charge on any atom is -0.468 e. The van der Waals surface area contributed by atoms with Gasteiger partial charge in [0, 0.05) is 5.39 Å². The Morgan fingerprint density at radius 3 is 3.00 bits per heavy atom. The van der Waals surface area contributed by atoms with Gasteiger partial charge in [0.25, 0.3) is 0 Å². The summed E-state index contributed by atoms with van der Waals surface area (Å²) in [5.41, 5.74) is 0.921. The molecule has 0 unspecified atom stereocenters. The smallest absolute Gasteiger partial charge is 0.315 e. The fraction of sp³-hybridized carbons (Fsp3) is 0.250. The number of methoxy groups -OCH3 is 1. The highest BCUT2D eigenvalue weighted by molar-refractivity contribution is 8.00. The summed E-state index contributed by atoms with van der Waals surface area (Å²) < 4.78 is 6.38. The van der Waals surface area contributed by atoms with Crippen molar-refractivity contribution in [1.82, 2.24) is 5.10 Å². The van der Waals surface area contributed by atoms with Gasteiger partial charge >= 0.3 is 5.97 Å². The number of aromatic nitrogens is 2. The van der Waals surface area contributed by atoms with E-state index in [0.717, 1.165) is 15.8 Å². The Morgan fingerprint density at radius 1 is 1.47 bits per heavy atom. The maximum atomic E-state index is 11.1. The Morgan fingerprint density at radius 2 is 2.24 bits per heavy atom. The average Bonchev–Trinajstić information content (AvgIpc) is 2.35. The molecule has 0 radical (unpaired) electrons. The molecular formula is C12H13N2O2S+. The van der Waals surface area contributed by atoms with Gasteiger partial charge in [-0.25, -0.2) is 0 Å². The summed E-state index contributed by atoms with van der Waals surface area (Å²) in [5, 5.41) is 5.43. The molecule has 0 aliphatic heterocycles. The zero-order chi connectivity index (χ0) is 12.3. The Balaban J connectivity index is 2.35. The number of fused-ring (bicyclic) bond motifs is 1. The van der Waals surface area contributed by atoms with Gasteiger partial charge in [-0.05, 0) is 11.2 Å². The summed E-state index contributed by atoms with van der Waals surface area (Å²) in [4.78, 5) is 12.2. The lowest BCUT2D eigenvalue weighted by Gasteiger charge is -2.02. The van der Waals surface area contributed by atoms with E-state index in [1.165, 1.54) is 18.9 Å². The van der Waals surface area contributed by atoms with Crippen LogP contribution in [0.25, 0.3) is 10.9 Å². The molecule has 0 atom stereocenters. The number of hydrogen-bond acceptors (Lipinski definition) is 4. The minimum absolute atomic E-state index is 0.224. The summed E-state index contributed by atoms with van der Waals surface area (Å²) in [6, 6.07) is 7.87. The number of aryl methyl sites for hydroxylation is 1. The summed E-state index contributed by atoms with van der Waals surface area (Å²) in [6.07, 6.45) is 1.91. The van der Waals surface area contributed by atoms with Crippen LogP contribution in [0.5, 0.6) is 0 Å². The number of nitrogens with zero attached hydrogens (tertiary/aromatic N) is 2. The highest BCUT2D eigenvalue weighted by Gasteiger charge is 2.11. The molecule has 88 valence electrons. The number of carbonyl (C=O) groups is 1. The number of ether oxygens (including phenoxy) is 1. The van der Waals surface area contributed by atoms with E-state index in [-0.39, 0.29) is 5.97 Å². The lowest BCUT2D eigenvalue weighted by Crippen LogP contribution is -2.32. The molecule has 1 heterocycles. The second-order valence-electron chi connectivity index (χ2n) is 3.55. The molecule has 0 saturated carbocycles. The van der Waals surface area contributed by atoms with E-state index < -0.39 is 0 Å². The SMILES string of the molecule is COC(=O)CSc1c[n+](C)nc2ccccc12. The standard InChI is InChI=1S/C12H13N2O2S/c1-14-7-11(17-8-12(15)16-2)9-5-3-4-6-10(9)13-14/h3-7H,8H2,1-2H3/q+1. The Hall–Kier alpha value is -1.62. The van der Waals surface area contributed by atoms with E-state index in [4.69, 9.17) is 0 Å². The van der Waals surface area contributed by atoms with E-state index in [2.05, 4.69) is 9.84 Å². The maximum absolute atomic E-state index is 11.1. The van der Waals surface area contributed by atoms with E-state index in [1.54, 1.807) is 4.68 Å². The molecule has 2 aromatic rings. The van der Waals surface area contributed by atoms with Gasteiger partial charge in [-0.15, -0.1) is 11.8 Å². The molecule has 0 N–H and O–H groups in total. The van der Waals surface area contributed by atoms with Crippen molar-refractivity contribution in [3.8, 4) is 0 Å². The van der Waals surface area contributed by atoms with E-state index in [0.29, 0.717) is 5.75 Å². The van der Waals surface area contributed by atoms with Gasteiger partial charge < -0.3 is 4.74 Å². The van der Waals surface area contributed by atoms with Crippen LogP contribution in [-0.2, 0) is 16.6 Å². The fourth-order valence-electron chi connectivity index (χ4n) is 1.52. The van der Waals surface area contributed by atoms with Crippen LogP contribution >= 0.6 is 11.8 Å². The average molecular weight is 249 g/mol. The largest absolute Gasteiger partial charge is 0.468 e. The van der Waals surface area contributed by atoms with Crippen LogP contribution in [0.2, 0.25) is 0 Å². The van der Waals surface area contributed by atoms with Crippen molar-refractivity contribution in [2.75, 3.05) is 12.9 Å². The number of benzene rings is 1. The van der Waals surface area contributed by atoms with E-state index >= 15 is 0 Å². The van der Waals surface area contributed by atoms with Crippen LogP contribution < -0.4 is 4.68 Å². The van der Waals surface area contributed by atoms with Gasteiger partial charge in [-0.1, -0.05) is 22.9 Å². The monoisotopic (exact) mass is 249 g/mol. The Labute approximate surface area is 104 Å². The normalized spacial score (nSPS) is 10.5. The topological polar surface area (TPSA) is 43.1 Å². The second-order valence-corrected chi connectivity index (χ2v) is 4.57. The number of esters is 1. The lowest BCUT2D eigenvalue weighted by molar-refractivity contribution is -0.730. The first-order valence-electron chi connectivity index (χ1n) is 5.16. The summed E-state index contributed by atoms with van der Waals surface area (Å²) in [7, 11) is 3.27. The predicted octanol–water partition coefficient (Wildman–Crippen LogP) is 1.32. The van der Waals surface area contributed by atoms with Crippen LogP contribution in [0.1, 0.15) is 0 Å². The maximum Gasteiger partial charge on any atom is 0.315 e. The lowest BCUT2D eigenvalue weighted by atomic mass is 10.2. The third-order valence-electron chi connectivity index (χ3n) is 2.31. The van der Waals surface area contributed by atoms with Gasteiger partial charge in [0.2, 0.25) is 6.20 Å². The first-order chi connectivity index (χ1) is 8.20. The zero-order valence-corrected chi connectivity index (χ0v) is 10.5. The van der Waals surface area contributed by atoms with Crippen molar-refractivity contribution < 1.29 is 14.2 Å². The van der Waals surface area contributed by atoms with Crippen LogP contribution in [0.4, 0.5) is 0 Å². The van der Waals surface area contributed by atoms with Crippen molar-refractivity contribution in [1.29, 1.82) is 0 Å². The van der Waals surface area contributed by atoms with Crippen molar-refractivity contribution in [2.45, 2.75) is 4.90 Å². The molecule has 1 aromatic carbocycles. The molecular weight excluding hydrogens is 236 g/mol. The third kappa shape index (κ3) is 2.74. The van der Waals surface area contributed by atoms with Crippen molar-refractivity contribution in [3.05, 3.63) is 30.5 Å². The van der Waals surface area contributed by atoms with Crippen molar-refractivity contribution in [2.24, 2.45) is 7.05 Å². The molecule has 0 spiro atoms. The van der Waals surface area contributed by atoms with Gasteiger partial charge in [-0.2, -0.15) is 0 Å². The van der Waals surface area contributed by atoms with E-state index in [1.807, 2.05) is 37.5 Å². The van der Waals surface area contributed by atoms with Crippen LogP contribution in [-0.4, -0.2) is 23.9 Å². The summed E-state index contributed by atoms with van der Waals surface area (Å²) in [5.74, 6) is 0.0865. The molecule has 17 heavy (non-hydrogen) atoms. The molecule has 4 nitrogen and oxygen atoms in total. The fourth-order valence-corrected chi connectivity index (χ4v) is 2.46. The molecule has 1 aromatic heterocycles. The van der Waals surface area contributed by atoms with Crippen molar-refractivity contribution in [3.63, 3.8) is 0 Å². The van der Waals surface area contributed by atoms with Gasteiger partial charge in [0.05, 0.1) is 17.8 Å². The number of carbonyl (C=O) groups excluding carboxylic acids is 1. The predicted molar refractivity (Wildman–Crippen MR) is 65.7 cm³/mol. The molecule has 0 aliphatic carbocycles. The van der Waals surface area contributed by atoms with Gasteiger partial charge in [0.15, 0.2) is 7.05 Å². The summed E-state index contributed by atoms with van der Waals surface area (Å²) >= 11 is 1.46. The molecule has 0 aliphatic rings. The quantitative estimate of drug-likeness (QED) is 0.467. The molecule has 0 saturated heterocycles.